The fourth-order valence-electron chi connectivity index (χ4n) is 2.48. The van der Waals surface area contributed by atoms with Crippen molar-refractivity contribution in [3.05, 3.63) is 54.1 Å². The van der Waals surface area contributed by atoms with Crippen LogP contribution in [-0.4, -0.2) is 46.6 Å². The summed E-state index contributed by atoms with van der Waals surface area (Å²) >= 11 is 0. The average Bonchev–Trinajstić information content (AvgIpc) is 2.68. The Morgan fingerprint density at radius 2 is 1.72 bits per heavy atom. The van der Waals surface area contributed by atoms with Crippen molar-refractivity contribution in [2.45, 2.75) is 13.8 Å². The molecule has 0 unspecified atom stereocenters. The van der Waals surface area contributed by atoms with E-state index >= 15 is 0 Å². The first kappa shape index (κ1) is 22.2. The molecule has 0 fully saturated rings. The van der Waals surface area contributed by atoms with Crippen molar-refractivity contribution >= 4 is 27.8 Å². The molecule has 0 saturated heterocycles. The van der Waals surface area contributed by atoms with E-state index in [1.807, 2.05) is 6.92 Å². The molecule has 156 valence electrons. The maximum atomic E-state index is 12.3. The minimum absolute atomic E-state index is 0.294. The number of para-hydroxylation sites is 2. The summed E-state index contributed by atoms with van der Waals surface area (Å²) in [7, 11) is -3.71. The number of amides is 1. The predicted molar refractivity (Wildman–Crippen MR) is 113 cm³/mol. The van der Waals surface area contributed by atoms with Gasteiger partial charge in [-0.15, -0.1) is 0 Å². The Hall–Kier alpha value is -3.07. The molecule has 2 aromatic rings. The molecule has 0 spiro atoms. The molecule has 0 aliphatic carbocycles. The average molecular weight is 420 g/mol. The van der Waals surface area contributed by atoms with Crippen molar-refractivity contribution in [3.63, 3.8) is 0 Å². The number of carbonyl (C=O) groups is 1. The number of carbonyl (C=O) groups excluding carboxylic acids is 1. The number of anilines is 1. The van der Waals surface area contributed by atoms with E-state index in [9.17, 15) is 13.2 Å². The first-order valence-electron chi connectivity index (χ1n) is 9.09. The Morgan fingerprint density at radius 1 is 1.07 bits per heavy atom. The maximum Gasteiger partial charge on any atom is 0.260 e. The highest BCUT2D eigenvalue weighted by atomic mass is 32.2. The zero-order valence-corrected chi connectivity index (χ0v) is 17.5. The summed E-state index contributed by atoms with van der Waals surface area (Å²) in [5, 5.41) is 3.89. The van der Waals surface area contributed by atoms with Gasteiger partial charge >= 0.3 is 0 Å². The van der Waals surface area contributed by atoms with Crippen LogP contribution in [0.15, 0.2) is 53.6 Å². The molecule has 0 aliphatic rings. The van der Waals surface area contributed by atoms with E-state index in [1.165, 1.54) is 6.21 Å². The molecule has 9 heteroatoms. The number of hydrogen-bond donors (Lipinski definition) is 1. The summed E-state index contributed by atoms with van der Waals surface area (Å²) in [4.78, 5) is 12.3. The van der Waals surface area contributed by atoms with Gasteiger partial charge in [-0.25, -0.2) is 13.8 Å². The van der Waals surface area contributed by atoms with Gasteiger partial charge in [0.1, 0.15) is 18.0 Å². The second-order valence-electron chi connectivity index (χ2n) is 5.97. The van der Waals surface area contributed by atoms with Crippen LogP contribution < -0.4 is 19.2 Å². The fourth-order valence-corrected chi connectivity index (χ4v) is 3.34. The Bertz CT molecular complexity index is 943. The van der Waals surface area contributed by atoms with Crippen molar-refractivity contribution in [3.8, 4) is 11.5 Å². The largest absolute Gasteiger partial charge is 0.494 e. The van der Waals surface area contributed by atoms with Crippen LogP contribution in [-0.2, 0) is 14.8 Å². The van der Waals surface area contributed by atoms with Crippen molar-refractivity contribution in [2.75, 3.05) is 30.3 Å². The van der Waals surface area contributed by atoms with Crippen molar-refractivity contribution in [1.82, 2.24) is 5.43 Å². The molecule has 2 rings (SSSR count). The van der Waals surface area contributed by atoms with E-state index in [-0.39, 0.29) is 0 Å². The van der Waals surface area contributed by atoms with Crippen LogP contribution in [0.5, 0.6) is 11.5 Å². The minimum Gasteiger partial charge on any atom is -0.494 e. The van der Waals surface area contributed by atoms with E-state index < -0.39 is 22.5 Å². The maximum absolute atomic E-state index is 12.3. The summed E-state index contributed by atoms with van der Waals surface area (Å²) in [5.41, 5.74) is 3.40. The van der Waals surface area contributed by atoms with Gasteiger partial charge in [-0.05, 0) is 55.8 Å². The second-order valence-corrected chi connectivity index (χ2v) is 7.87. The highest BCUT2D eigenvalue weighted by molar-refractivity contribution is 7.92. The first-order valence-corrected chi connectivity index (χ1v) is 10.9. The summed E-state index contributed by atoms with van der Waals surface area (Å²) < 4.78 is 36.3. The first-order chi connectivity index (χ1) is 13.8. The van der Waals surface area contributed by atoms with Crippen molar-refractivity contribution in [1.29, 1.82) is 0 Å². The van der Waals surface area contributed by atoms with E-state index in [4.69, 9.17) is 9.47 Å². The summed E-state index contributed by atoms with van der Waals surface area (Å²) in [6.45, 7) is 4.21. The van der Waals surface area contributed by atoms with Gasteiger partial charge < -0.3 is 9.47 Å². The zero-order chi connectivity index (χ0) is 21.3. The Morgan fingerprint density at radius 3 is 2.34 bits per heavy atom. The fraction of sp³-hybridized carbons (Fsp3) is 0.300. The van der Waals surface area contributed by atoms with E-state index in [0.717, 1.165) is 21.9 Å². The van der Waals surface area contributed by atoms with E-state index in [2.05, 4.69) is 10.5 Å². The standard InChI is InChI=1S/C20H25N3O5S/c1-4-27-17-12-10-16(11-13-17)14-21-22-20(24)15-23(29(3,25)26)18-8-6-7-9-19(18)28-5-2/h6-14H,4-5,15H2,1-3H3,(H,22,24)/b21-14-. The van der Waals surface area contributed by atoms with Gasteiger partial charge in [0.05, 0.1) is 31.4 Å². The number of hydrogen-bond acceptors (Lipinski definition) is 6. The molecule has 0 aliphatic heterocycles. The van der Waals surface area contributed by atoms with Gasteiger partial charge in [-0.1, -0.05) is 12.1 Å². The van der Waals surface area contributed by atoms with Crippen LogP contribution >= 0.6 is 0 Å². The van der Waals surface area contributed by atoms with Crippen LogP contribution in [0.2, 0.25) is 0 Å². The van der Waals surface area contributed by atoms with Crippen LogP contribution in [0.4, 0.5) is 5.69 Å². The van der Waals surface area contributed by atoms with Crippen molar-refractivity contribution < 1.29 is 22.7 Å². The molecule has 0 bridgehead atoms. The lowest BCUT2D eigenvalue weighted by atomic mass is 10.2. The van der Waals surface area contributed by atoms with Gasteiger partial charge in [-0.3, -0.25) is 9.10 Å². The Labute approximate surface area is 171 Å². The third-order valence-corrected chi connectivity index (χ3v) is 4.84. The monoisotopic (exact) mass is 419 g/mol. The number of sulfonamides is 1. The molecule has 1 N–H and O–H groups in total. The number of ether oxygens (including phenoxy) is 2. The summed E-state index contributed by atoms with van der Waals surface area (Å²) in [5.74, 6) is 0.542. The highest BCUT2D eigenvalue weighted by Gasteiger charge is 2.23. The van der Waals surface area contributed by atoms with Gasteiger partial charge in [0, 0.05) is 0 Å². The van der Waals surface area contributed by atoms with Gasteiger partial charge in [0.15, 0.2) is 0 Å². The number of rotatable bonds is 10. The lowest BCUT2D eigenvalue weighted by Gasteiger charge is -2.23. The minimum atomic E-state index is -3.71. The van der Waals surface area contributed by atoms with Crippen LogP contribution in [0.1, 0.15) is 19.4 Å². The number of nitrogens with zero attached hydrogens (tertiary/aromatic N) is 2. The Kier molecular flexibility index (Phi) is 8.02. The van der Waals surface area contributed by atoms with Crippen LogP contribution in [0, 0.1) is 0 Å². The molecule has 0 aromatic heterocycles. The quantitative estimate of drug-likeness (QED) is 0.471. The molecular weight excluding hydrogens is 394 g/mol. The van der Waals surface area contributed by atoms with Crippen molar-refractivity contribution in [2.24, 2.45) is 5.10 Å². The molecular formula is C20H25N3O5S. The van der Waals surface area contributed by atoms with Crippen LogP contribution in [0.3, 0.4) is 0 Å². The second kappa shape index (κ2) is 10.5. The lowest BCUT2D eigenvalue weighted by Crippen LogP contribution is -2.39. The van der Waals surface area contributed by atoms with Gasteiger partial charge in [0.2, 0.25) is 10.0 Å². The molecule has 0 heterocycles. The van der Waals surface area contributed by atoms with Crippen LogP contribution in [0.25, 0.3) is 0 Å². The van der Waals surface area contributed by atoms with Gasteiger partial charge in [-0.2, -0.15) is 5.10 Å². The topological polar surface area (TPSA) is 97.3 Å². The summed E-state index contributed by atoms with van der Waals surface area (Å²) in [6.07, 6.45) is 2.50. The van der Waals surface area contributed by atoms with E-state index in [0.29, 0.717) is 24.7 Å². The highest BCUT2D eigenvalue weighted by Crippen LogP contribution is 2.29. The molecule has 2 aromatic carbocycles. The molecule has 1 amide bonds. The molecule has 8 nitrogen and oxygen atoms in total. The van der Waals surface area contributed by atoms with E-state index in [1.54, 1.807) is 55.5 Å². The lowest BCUT2D eigenvalue weighted by molar-refractivity contribution is -0.119. The SMILES string of the molecule is CCOc1ccc(/C=N\NC(=O)CN(c2ccccc2OCC)S(C)(=O)=O)cc1. The smallest absolute Gasteiger partial charge is 0.260 e. The number of hydrazone groups is 1. The predicted octanol–water partition coefficient (Wildman–Crippen LogP) is 2.40. The number of benzene rings is 2. The van der Waals surface area contributed by atoms with Gasteiger partial charge in [0.25, 0.3) is 5.91 Å². The third-order valence-electron chi connectivity index (χ3n) is 3.72. The summed E-state index contributed by atoms with van der Waals surface area (Å²) in [6, 6.07) is 13.8. The Balaban J connectivity index is 2.07. The normalized spacial score (nSPS) is 11.3. The molecule has 29 heavy (non-hydrogen) atoms. The number of nitrogens with one attached hydrogen (secondary N) is 1. The molecule has 0 atom stereocenters. The molecule has 0 radical (unpaired) electrons. The third kappa shape index (κ3) is 6.79. The molecule has 0 saturated carbocycles. The zero-order valence-electron chi connectivity index (χ0n) is 16.7.